The number of carbonyl (C=O) groups is 2. The van der Waals surface area contributed by atoms with Crippen LogP contribution in [0.1, 0.15) is 36.8 Å². The smallest absolute Gasteiger partial charge is 0.321 e. The maximum absolute atomic E-state index is 13.1. The first-order valence-electron chi connectivity index (χ1n) is 11.7. The van der Waals surface area contributed by atoms with Crippen molar-refractivity contribution in [3.05, 3.63) is 29.3 Å². The van der Waals surface area contributed by atoms with Gasteiger partial charge in [-0.2, -0.15) is 0 Å². The zero-order valence-electron chi connectivity index (χ0n) is 18.9. The fraction of sp³-hybridized carbons (Fsp3) is 0.667. The van der Waals surface area contributed by atoms with Gasteiger partial charge >= 0.3 is 6.03 Å². The Labute approximate surface area is 185 Å². The summed E-state index contributed by atoms with van der Waals surface area (Å²) in [5.74, 6) is 0.485. The van der Waals surface area contributed by atoms with Gasteiger partial charge in [0, 0.05) is 56.9 Å². The van der Waals surface area contributed by atoms with E-state index in [9.17, 15) is 9.59 Å². The molecule has 1 aliphatic carbocycles. The third-order valence-corrected chi connectivity index (χ3v) is 6.72. The minimum absolute atomic E-state index is 0.0661. The van der Waals surface area contributed by atoms with E-state index in [1.54, 1.807) is 0 Å². The number of urea groups is 1. The van der Waals surface area contributed by atoms with Crippen LogP contribution in [0.4, 0.5) is 10.5 Å². The molecule has 0 aromatic heterocycles. The average Bonchev–Trinajstić information content (AvgIpc) is 3.62. The Morgan fingerprint density at radius 2 is 1.90 bits per heavy atom. The van der Waals surface area contributed by atoms with Crippen LogP contribution in [0.15, 0.2) is 18.2 Å². The first-order valence-corrected chi connectivity index (χ1v) is 11.7. The highest BCUT2D eigenvalue weighted by atomic mass is 16.5. The minimum atomic E-state index is -0.0661. The van der Waals surface area contributed by atoms with Gasteiger partial charge in [0.05, 0.1) is 13.2 Å². The molecule has 3 amide bonds. The number of piperidine rings is 1. The number of morpholine rings is 1. The van der Waals surface area contributed by atoms with Crippen LogP contribution in [0.3, 0.4) is 0 Å². The van der Waals surface area contributed by atoms with Crippen LogP contribution in [-0.4, -0.2) is 85.2 Å². The normalized spacial score (nSPS) is 22.3. The lowest BCUT2D eigenvalue weighted by molar-refractivity contribution is -0.136. The van der Waals surface area contributed by atoms with E-state index in [-0.39, 0.29) is 23.9 Å². The van der Waals surface area contributed by atoms with Crippen LogP contribution in [0.5, 0.6) is 0 Å². The van der Waals surface area contributed by atoms with Gasteiger partial charge in [0.15, 0.2) is 0 Å². The van der Waals surface area contributed by atoms with E-state index in [0.717, 1.165) is 82.9 Å². The van der Waals surface area contributed by atoms with Gasteiger partial charge in [0.1, 0.15) is 0 Å². The van der Waals surface area contributed by atoms with Gasteiger partial charge in [-0.15, -0.1) is 0 Å². The molecule has 1 unspecified atom stereocenters. The molecular formula is C24H36N4O3. The standard InChI is InChI=1S/C24H36N4O3/c1-18-5-8-22(19(2)16-18)25-24(30)27-9-3-4-21(17-27)28(23(29)20-6-7-20)11-10-26-12-14-31-15-13-26/h5,8,16,20-21H,3-4,6-7,9-15,17H2,1-2H3,(H,25,30). The molecule has 0 bridgehead atoms. The second-order valence-corrected chi connectivity index (χ2v) is 9.25. The van der Waals surface area contributed by atoms with Crippen molar-refractivity contribution < 1.29 is 14.3 Å². The van der Waals surface area contributed by atoms with Crippen LogP contribution in [0.25, 0.3) is 0 Å². The molecule has 0 radical (unpaired) electrons. The number of hydrogen-bond acceptors (Lipinski definition) is 4. The van der Waals surface area contributed by atoms with E-state index in [1.807, 2.05) is 24.0 Å². The van der Waals surface area contributed by atoms with E-state index in [1.165, 1.54) is 5.56 Å². The number of hydrogen-bond donors (Lipinski definition) is 1. The highest BCUT2D eigenvalue weighted by Gasteiger charge is 2.38. The van der Waals surface area contributed by atoms with Crippen molar-refractivity contribution in [2.24, 2.45) is 5.92 Å². The number of amides is 3. The molecule has 1 N–H and O–H groups in total. The van der Waals surface area contributed by atoms with E-state index >= 15 is 0 Å². The van der Waals surface area contributed by atoms with Crippen molar-refractivity contribution >= 4 is 17.6 Å². The molecule has 3 fully saturated rings. The maximum Gasteiger partial charge on any atom is 0.321 e. The van der Waals surface area contributed by atoms with Crippen LogP contribution in [0, 0.1) is 19.8 Å². The second-order valence-electron chi connectivity index (χ2n) is 9.25. The molecule has 170 valence electrons. The average molecular weight is 429 g/mol. The van der Waals surface area contributed by atoms with Gasteiger partial charge in [-0.25, -0.2) is 4.79 Å². The number of likely N-dealkylation sites (tertiary alicyclic amines) is 1. The predicted octanol–water partition coefficient (Wildman–Crippen LogP) is 2.87. The molecule has 2 saturated heterocycles. The van der Waals surface area contributed by atoms with E-state index in [0.29, 0.717) is 6.54 Å². The molecule has 2 heterocycles. The van der Waals surface area contributed by atoms with Crippen LogP contribution in [-0.2, 0) is 9.53 Å². The summed E-state index contributed by atoms with van der Waals surface area (Å²) in [6, 6.07) is 6.10. The highest BCUT2D eigenvalue weighted by Crippen LogP contribution is 2.32. The molecule has 1 saturated carbocycles. The highest BCUT2D eigenvalue weighted by molar-refractivity contribution is 5.90. The molecule has 7 heteroatoms. The first-order chi connectivity index (χ1) is 15.0. The zero-order chi connectivity index (χ0) is 21.8. The largest absolute Gasteiger partial charge is 0.379 e. The van der Waals surface area contributed by atoms with E-state index in [4.69, 9.17) is 4.74 Å². The molecule has 1 aromatic rings. The fourth-order valence-corrected chi connectivity index (χ4v) is 4.65. The van der Waals surface area contributed by atoms with Crippen molar-refractivity contribution in [3.63, 3.8) is 0 Å². The lowest BCUT2D eigenvalue weighted by Crippen LogP contribution is -2.54. The quantitative estimate of drug-likeness (QED) is 0.757. The van der Waals surface area contributed by atoms with E-state index in [2.05, 4.69) is 28.1 Å². The monoisotopic (exact) mass is 428 g/mol. The number of benzene rings is 1. The number of carbonyl (C=O) groups excluding carboxylic acids is 2. The van der Waals surface area contributed by atoms with Gasteiger partial charge in [0.25, 0.3) is 0 Å². The summed E-state index contributed by atoms with van der Waals surface area (Å²) in [6.45, 7) is 10.4. The maximum atomic E-state index is 13.1. The van der Waals surface area contributed by atoms with Gasteiger partial charge in [-0.05, 0) is 51.2 Å². The lowest BCUT2D eigenvalue weighted by Gasteiger charge is -2.40. The molecule has 2 aliphatic heterocycles. The number of rotatable bonds is 6. The second kappa shape index (κ2) is 10.0. The molecule has 4 rings (SSSR count). The number of ether oxygens (including phenoxy) is 1. The SMILES string of the molecule is Cc1ccc(NC(=O)N2CCCC(N(CCN3CCOCC3)C(=O)C3CC3)C2)c(C)c1. The number of aryl methyl sites for hydroxylation is 2. The fourth-order valence-electron chi connectivity index (χ4n) is 4.65. The van der Waals surface area contributed by atoms with Crippen molar-refractivity contribution in [2.45, 2.75) is 45.6 Å². The Balaban J connectivity index is 1.38. The Morgan fingerprint density at radius 1 is 1.13 bits per heavy atom. The van der Waals surface area contributed by atoms with Gasteiger partial charge in [-0.3, -0.25) is 9.69 Å². The Morgan fingerprint density at radius 3 is 2.61 bits per heavy atom. The predicted molar refractivity (Wildman–Crippen MR) is 121 cm³/mol. The summed E-state index contributed by atoms with van der Waals surface area (Å²) in [5.41, 5.74) is 3.11. The van der Waals surface area contributed by atoms with Crippen LogP contribution >= 0.6 is 0 Å². The molecule has 0 spiro atoms. The minimum Gasteiger partial charge on any atom is -0.379 e. The Hall–Kier alpha value is -2.12. The Bertz CT molecular complexity index is 789. The molecular weight excluding hydrogens is 392 g/mol. The summed E-state index contributed by atoms with van der Waals surface area (Å²) in [6.07, 6.45) is 3.92. The van der Waals surface area contributed by atoms with Crippen molar-refractivity contribution in [1.82, 2.24) is 14.7 Å². The number of nitrogens with zero attached hydrogens (tertiary/aromatic N) is 3. The van der Waals surface area contributed by atoms with Crippen molar-refractivity contribution in [3.8, 4) is 0 Å². The molecule has 3 aliphatic rings. The first kappa shape index (κ1) is 22.1. The van der Waals surface area contributed by atoms with Crippen molar-refractivity contribution in [2.75, 3.05) is 57.8 Å². The number of nitrogens with one attached hydrogen (secondary N) is 1. The summed E-state index contributed by atoms with van der Waals surface area (Å²) in [7, 11) is 0. The molecule has 1 atom stereocenters. The van der Waals surface area contributed by atoms with Gasteiger partial charge in [-0.1, -0.05) is 17.7 Å². The van der Waals surface area contributed by atoms with Crippen LogP contribution < -0.4 is 5.32 Å². The summed E-state index contributed by atoms with van der Waals surface area (Å²) in [5, 5.41) is 3.08. The van der Waals surface area contributed by atoms with Crippen LogP contribution in [0.2, 0.25) is 0 Å². The molecule has 31 heavy (non-hydrogen) atoms. The van der Waals surface area contributed by atoms with Crippen molar-refractivity contribution in [1.29, 1.82) is 0 Å². The summed E-state index contributed by atoms with van der Waals surface area (Å²) in [4.78, 5) is 32.4. The molecule has 7 nitrogen and oxygen atoms in total. The third kappa shape index (κ3) is 5.77. The van der Waals surface area contributed by atoms with E-state index < -0.39 is 0 Å². The third-order valence-electron chi connectivity index (χ3n) is 6.72. The number of anilines is 1. The lowest BCUT2D eigenvalue weighted by atomic mass is 10.0. The zero-order valence-corrected chi connectivity index (χ0v) is 18.9. The summed E-state index contributed by atoms with van der Waals surface area (Å²) >= 11 is 0. The molecule has 1 aromatic carbocycles. The van der Waals surface area contributed by atoms with Gasteiger partial charge in [0.2, 0.25) is 5.91 Å². The van der Waals surface area contributed by atoms with Gasteiger partial charge < -0.3 is 19.9 Å². The summed E-state index contributed by atoms with van der Waals surface area (Å²) < 4.78 is 5.45. The Kier molecular flexibility index (Phi) is 7.13. The topological polar surface area (TPSA) is 65.1 Å².